The second-order valence-corrected chi connectivity index (χ2v) is 4.89. The maximum Gasteiger partial charge on any atom is 0.224 e. The van der Waals surface area contributed by atoms with E-state index in [4.69, 9.17) is 10.5 Å². The van der Waals surface area contributed by atoms with Crippen LogP contribution in [0.4, 0.5) is 0 Å². The van der Waals surface area contributed by atoms with E-state index in [1.54, 1.807) is 0 Å². The zero-order valence-corrected chi connectivity index (χ0v) is 11.8. The van der Waals surface area contributed by atoms with Gasteiger partial charge in [-0.1, -0.05) is 32.0 Å². The lowest BCUT2D eigenvalue weighted by Crippen LogP contribution is -2.38. The minimum absolute atomic E-state index is 0.0391. The summed E-state index contributed by atoms with van der Waals surface area (Å²) < 4.78 is 5.55. The van der Waals surface area contributed by atoms with Gasteiger partial charge in [-0.25, -0.2) is 0 Å². The third-order valence-electron chi connectivity index (χ3n) is 3.03. The Labute approximate surface area is 115 Å². The number of carbonyl (C=O) groups excluding carboxylic acids is 1. The Hall–Kier alpha value is -1.55. The molecular formula is C15H24N2O2. The van der Waals surface area contributed by atoms with E-state index in [1.807, 2.05) is 44.2 Å². The number of hydrogen-bond acceptors (Lipinski definition) is 3. The van der Waals surface area contributed by atoms with Crippen molar-refractivity contribution in [3.63, 3.8) is 0 Å². The van der Waals surface area contributed by atoms with Crippen LogP contribution in [0.5, 0.6) is 5.75 Å². The molecule has 1 aromatic rings. The van der Waals surface area contributed by atoms with E-state index < -0.39 is 0 Å². The largest absolute Gasteiger partial charge is 0.494 e. The molecule has 1 atom stereocenters. The van der Waals surface area contributed by atoms with Crippen LogP contribution in [0, 0.1) is 11.8 Å². The average molecular weight is 264 g/mol. The molecule has 0 fully saturated rings. The molecule has 1 rings (SSSR count). The van der Waals surface area contributed by atoms with Gasteiger partial charge >= 0.3 is 0 Å². The fourth-order valence-electron chi connectivity index (χ4n) is 1.80. The SMILES string of the molecule is CC(C)C(CN)C(=O)NCCCOc1ccccc1. The number of benzene rings is 1. The quantitative estimate of drug-likeness (QED) is 0.704. The van der Waals surface area contributed by atoms with Crippen molar-refractivity contribution in [3.05, 3.63) is 30.3 Å². The zero-order valence-electron chi connectivity index (χ0n) is 11.8. The molecule has 0 radical (unpaired) electrons. The van der Waals surface area contributed by atoms with Crippen molar-refractivity contribution in [3.8, 4) is 5.75 Å². The molecule has 1 amide bonds. The Morgan fingerprint density at radius 2 is 2.00 bits per heavy atom. The fraction of sp³-hybridized carbons (Fsp3) is 0.533. The molecule has 1 unspecified atom stereocenters. The number of carbonyl (C=O) groups is 1. The number of rotatable bonds is 8. The second-order valence-electron chi connectivity index (χ2n) is 4.89. The number of para-hydroxylation sites is 1. The first-order valence-corrected chi connectivity index (χ1v) is 6.80. The molecule has 0 saturated carbocycles. The summed E-state index contributed by atoms with van der Waals surface area (Å²) in [6.07, 6.45) is 0.788. The average Bonchev–Trinajstić information content (AvgIpc) is 2.40. The summed E-state index contributed by atoms with van der Waals surface area (Å²) in [5, 5.41) is 2.90. The van der Waals surface area contributed by atoms with Gasteiger partial charge in [0.25, 0.3) is 0 Å². The molecule has 1 aromatic carbocycles. The molecule has 0 aliphatic rings. The monoisotopic (exact) mass is 264 g/mol. The van der Waals surface area contributed by atoms with Crippen molar-refractivity contribution in [1.82, 2.24) is 5.32 Å². The molecule has 0 spiro atoms. The Morgan fingerprint density at radius 1 is 1.32 bits per heavy atom. The third-order valence-corrected chi connectivity index (χ3v) is 3.03. The molecule has 0 aromatic heterocycles. The van der Waals surface area contributed by atoms with Gasteiger partial charge in [-0.3, -0.25) is 4.79 Å². The van der Waals surface area contributed by atoms with Gasteiger partial charge in [0.15, 0.2) is 0 Å². The van der Waals surface area contributed by atoms with E-state index in [-0.39, 0.29) is 17.7 Å². The van der Waals surface area contributed by atoms with E-state index in [0.29, 0.717) is 19.7 Å². The van der Waals surface area contributed by atoms with Gasteiger partial charge < -0.3 is 15.8 Å². The Morgan fingerprint density at radius 3 is 2.58 bits per heavy atom. The first-order chi connectivity index (χ1) is 9.15. The highest BCUT2D eigenvalue weighted by atomic mass is 16.5. The number of nitrogens with one attached hydrogen (secondary N) is 1. The molecular weight excluding hydrogens is 240 g/mol. The maximum absolute atomic E-state index is 11.8. The van der Waals surface area contributed by atoms with E-state index in [1.165, 1.54) is 0 Å². The highest BCUT2D eigenvalue weighted by Gasteiger charge is 2.19. The summed E-state index contributed by atoms with van der Waals surface area (Å²) in [5.41, 5.74) is 5.60. The fourth-order valence-corrected chi connectivity index (χ4v) is 1.80. The molecule has 0 aliphatic heterocycles. The minimum atomic E-state index is -0.102. The molecule has 0 heterocycles. The first-order valence-electron chi connectivity index (χ1n) is 6.80. The molecule has 3 N–H and O–H groups in total. The van der Waals surface area contributed by atoms with Gasteiger partial charge in [0.2, 0.25) is 5.91 Å². The van der Waals surface area contributed by atoms with Crippen molar-refractivity contribution >= 4 is 5.91 Å². The van der Waals surface area contributed by atoms with Gasteiger partial charge in [-0.15, -0.1) is 0 Å². The summed E-state index contributed by atoms with van der Waals surface area (Å²) in [6.45, 7) is 5.63. The Bertz CT molecular complexity index is 366. The van der Waals surface area contributed by atoms with Crippen molar-refractivity contribution < 1.29 is 9.53 Å². The van der Waals surface area contributed by atoms with Gasteiger partial charge in [0, 0.05) is 13.1 Å². The Kier molecular flexibility index (Phi) is 6.97. The highest BCUT2D eigenvalue weighted by molar-refractivity contribution is 5.79. The normalized spacial score (nSPS) is 12.2. The van der Waals surface area contributed by atoms with Crippen LogP contribution in [-0.4, -0.2) is 25.6 Å². The smallest absolute Gasteiger partial charge is 0.224 e. The van der Waals surface area contributed by atoms with E-state index >= 15 is 0 Å². The predicted octanol–water partition coefficient (Wildman–Crippen LogP) is 1.80. The van der Waals surface area contributed by atoms with Crippen molar-refractivity contribution in [1.29, 1.82) is 0 Å². The summed E-state index contributed by atoms with van der Waals surface area (Å²) in [4.78, 5) is 11.8. The lowest BCUT2D eigenvalue weighted by Gasteiger charge is -2.18. The minimum Gasteiger partial charge on any atom is -0.494 e. The van der Waals surface area contributed by atoms with Crippen molar-refractivity contribution in [2.45, 2.75) is 20.3 Å². The molecule has 4 heteroatoms. The molecule has 19 heavy (non-hydrogen) atoms. The zero-order chi connectivity index (χ0) is 14.1. The number of ether oxygens (including phenoxy) is 1. The second kappa shape index (κ2) is 8.53. The molecule has 0 bridgehead atoms. The van der Waals surface area contributed by atoms with Crippen LogP contribution in [0.15, 0.2) is 30.3 Å². The van der Waals surface area contributed by atoms with Crippen LogP contribution in [0.2, 0.25) is 0 Å². The first kappa shape index (κ1) is 15.5. The lowest BCUT2D eigenvalue weighted by molar-refractivity contribution is -0.125. The standard InChI is InChI=1S/C15H24N2O2/c1-12(2)14(11-16)15(18)17-9-6-10-19-13-7-4-3-5-8-13/h3-5,7-8,12,14H,6,9-11,16H2,1-2H3,(H,17,18). The van der Waals surface area contributed by atoms with Gasteiger partial charge in [0.05, 0.1) is 12.5 Å². The van der Waals surface area contributed by atoms with Crippen LogP contribution in [0.25, 0.3) is 0 Å². The van der Waals surface area contributed by atoms with Gasteiger partial charge in [0.1, 0.15) is 5.75 Å². The maximum atomic E-state index is 11.8. The predicted molar refractivity (Wildman–Crippen MR) is 76.9 cm³/mol. The molecule has 106 valence electrons. The Balaban J connectivity index is 2.15. The van der Waals surface area contributed by atoms with Crippen LogP contribution in [0.3, 0.4) is 0 Å². The van der Waals surface area contributed by atoms with Gasteiger partial charge in [-0.2, -0.15) is 0 Å². The molecule has 4 nitrogen and oxygen atoms in total. The van der Waals surface area contributed by atoms with E-state index in [0.717, 1.165) is 12.2 Å². The molecule has 0 saturated heterocycles. The van der Waals surface area contributed by atoms with Gasteiger partial charge in [-0.05, 0) is 24.5 Å². The summed E-state index contributed by atoms with van der Waals surface area (Å²) in [7, 11) is 0. The van der Waals surface area contributed by atoms with Crippen molar-refractivity contribution in [2.24, 2.45) is 17.6 Å². The van der Waals surface area contributed by atoms with Crippen LogP contribution in [-0.2, 0) is 4.79 Å². The number of amides is 1. The number of hydrogen-bond donors (Lipinski definition) is 2. The summed E-state index contributed by atoms with van der Waals surface area (Å²) >= 11 is 0. The number of nitrogens with two attached hydrogens (primary N) is 1. The van der Waals surface area contributed by atoms with E-state index in [9.17, 15) is 4.79 Å². The summed E-state index contributed by atoms with van der Waals surface area (Å²) in [5.74, 6) is 1.06. The third kappa shape index (κ3) is 5.75. The topological polar surface area (TPSA) is 64.4 Å². The molecule has 0 aliphatic carbocycles. The van der Waals surface area contributed by atoms with Crippen LogP contribution < -0.4 is 15.8 Å². The van der Waals surface area contributed by atoms with E-state index in [2.05, 4.69) is 5.32 Å². The lowest BCUT2D eigenvalue weighted by atomic mass is 9.95. The van der Waals surface area contributed by atoms with Crippen LogP contribution >= 0.6 is 0 Å². The van der Waals surface area contributed by atoms with Crippen molar-refractivity contribution in [2.75, 3.05) is 19.7 Å². The van der Waals surface area contributed by atoms with Crippen LogP contribution in [0.1, 0.15) is 20.3 Å². The summed E-state index contributed by atoms with van der Waals surface area (Å²) in [6, 6.07) is 9.66. The highest BCUT2D eigenvalue weighted by Crippen LogP contribution is 2.09.